The van der Waals surface area contributed by atoms with E-state index in [1.807, 2.05) is 6.92 Å². The lowest BCUT2D eigenvalue weighted by molar-refractivity contribution is 0.228. The van der Waals surface area contributed by atoms with Crippen molar-refractivity contribution >= 4 is 53.2 Å². The molecule has 1 aliphatic rings. The van der Waals surface area contributed by atoms with Crippen LogP contribution in [0.3, 0.4) is 0 Å². The number of sulfonamides is 1. The molecule has 0 amide bonds. The van der Waals surface area contributed by atoms with E-state index in [2.05, 4.69) is 31.9 Å². The molecule has 0 bridgehead atoms. The summed E-state index contributed by atoms with van der Waals surface area (Å²) in [6.07, 6.45) is 3.10. The van der Waals surface area contributed by atoms with Crippen LogP contribution in [0, 0.1) is 6.92 Å². The van der Waals surface area contributed by atoms with E-state index in [1.165, 1.54) is 11.3 Å². The first-order valence-corrected chi connectivity index (χ1v) is 9.97. The van der Waals surface area contributed by atoms with Gasteiger partial charge in [0.1, 0.15) is 4.21 Å². The Balaban J connectivity index is 2.32. The second kappa shape index (κ2) is 5.91. The van der Waals surface area contributed by atoms with Crippen LogP contribution in [0.2, 0.25) is 0 Å². The normalized spacial score (nSPS) is 17.1. The van der Waals surface area contributed by atoms with E-state index in [9.17, 15) is 8.42 Å². The summed E-state index contributed by atoms with van der Waals surface area (Å²) in [6, 6.07) is 1.94. The lowest BCUT2D eigenvalue weighted by Gasteiger charge is -2.35. The van der Waals surface area contributed by atoms with Crippen molar-refractivity contribution in [3.63, 3.8) is 0 Å². The third kappa shape index (κ3) is 2.85. The number of halogens is 2. The van der Waals surface area contributed by atoms with Crippen LogP contribution in [-0.2, 0) is 10.0 Å². The van der Waals surface area contributed by atoms with Crippen LogP contribution < -0.4 is 0 Å². The highest BCUT2D eigenvalue weighted by Gasteiger charge is 2.35. The molecule has 0 aromatic carbocycles. The van der Waals surface area contributed by atoms with E-state index >= 15 is 0 Å². The van der Waals surface area contributed by atoms with Gasteiger partial charge in [-0.25, -0.2) is 8.42 Å². The van der Waals surface area contributed by atoms with Gasteiger partial charge in [0.25, 0.3) is 10.0 Å². The van der Waals surface area contributed by atoms with E-state index in [4.69, 9.17) is 0 Å². The number of hydrogen-bond acceptors (Lipinski definition) is 3. The predicted molar refractivity (Wildman–Crippen MR) is 82.1 cm³/mol. The minimum Gasteiger partial charge on any atom is -0.206 e. The Bertz CT molecular complexity index is 504. The van der Waals surface area contributed by atoms with Crippen LogP contribution in [0.15, 0.2) is 14.1 Å². The van der Waals surface area contributed by atoms with Crippen molar-refractivity contribution in [2.24, 2.45) is 0 Å². The fraction of sp³-hybridized carbons (Fsp3) is 0.636. The van der Waals surface area contributed by atoms with E-state index in [0.29, 0.717) is 16.1 Å². The SMILES string of the molecule is Cc1cc(S(=O)(=O)N(CCBr)C2CCC2)sc1Br. The van der Waals surface area contributed by atoms with Gasteiger partial charge in [-0.1, -0.05) is 22.4 Å². The molecule has 0 N–H and O–H groups in total. The fourth-order valence-corrected chi connectivity index (χ4v) is 6.59. The summed E-state index contributed by atoms with van der Waals surface area (Å²) in [5.74, 6) is 0. The van der Waals surface area contributed by atoms with Crippen molar-refractivity contribution in [1.29, 1.82) is 0 Å². The third-order valence-corrected chi connectivity index (χ3v) is 8.08. The van der Waals surface area contributed by atoms with Crippen LogP contribution in [-0.4, -0.2) is 30.6 Å². The van der Waals surface area contributed by atoms with Gasteiger partial charge >= 0.3 is 0 Å². The lowest BCUT2D eigenvalue weighted by atomic mass is 9.93. The van der Waals surface area contributed by atoms with Gasteiger partial charge in [-0.2, -0.15) is 4.31 Å². The van der Waals surface area contributed by atoms with Gasteiger partial charge in [-0.05, 0) is 47.3 Å². The van der Waals surface area contributed by atoms with Crippen LogP contribution in [0.4, 0.5) is 0 Å². The maximum atomic E-state index is 12.6. The standard InChI is InChI=1S/C11H15Br2NO2S2/c1-8-7-10(17-11(8)13)18(15,16)14(6-5-12)9-3-2-4-9/h7,9H,2-6H2,1H3. The van der Waals surface area contributed by atoms with Crippen molar-refractivity contribution in [1.82, 2.24) is 4.31 Å². The monoisotopic (exact) mass is 415 g/mol. The molecule has 1 aromatic rings. The van der Waals surface area contributed by atoms with Crippen LogP contribution >= 0.6 is 43.2 Å². The largest absolute Gasteiger partial charge is 0.252 e. The van der Waals surface area contributed by atoms with Crippen molar-refractivity contribution in [2.75, 3.05) is 11.9 Å². The molecule has 1 saturated carbocycles. The zero-order chi connectivity index (χ0) is 13.3. The molecule has 0 unspecified atom stereocenters. The molecule has 0 aliphatic heterocycles. The quantitative estimate of drug-likeness (QED) is 0.685. The van der Waals surface area contributed by atoms with Crippen LogP contribution in [0.5, 0.6) is 0 Å². The summed E-state index contributed by atoms with van der Waals surface area (Å²) in [6.45, 7) is 2.46. The molecule has 0 saturated heterocycles. The van der Waals surface area contributed by atoms with Crippen molar-refractivity contribution in [3.8, 4) is 0 Å². The average molecular weight is 417 g/mol. The summed E-state index contributed by atoms with van der Waals surface area (Å²) in [5, 5.41) is 0.675. The van der Waals surface area contributed by atoms with Crippen molar-refractivity contribution < 1.29 is 8.42 Å². The minimum absolute atomic E-state index is 0.189. The minimum atomic E-state index is -3.33. The molecule has 2 rings (SSSR count). The first kappa shape index (κ1) is 15.0. The van der Waals surface area contributed by atoms with E-state index in [-0.39, 0.29) is 6.04 Å². The smallest absolute Gasteiger partial charge is 0.206 e. The number of nitrogens with zero attached hydrogens (tertiary/aromatic N) is 1. The zero-order valence-corrected chi connectivity index (χ0v) is 14.8. The average Bonchev–Trinajstić information content (AvgIpc) is 2.57. The molecule has 1 fully saturated rings. The molecule has 0 radical (unpaired) electrons. The van der Waals surface area contributed by atoms with E-state index in [1.54, 1.807) is 10.4 Å². The Hall–Kier alpha value is 0.570. The van der Waals surface area contributed by atoms with E-state index in [0.717, 1.165) is 28.6 Å². The maximum Gasteiger partial charge on any atom is 0.252 e. The molecule has 1 heterocycles. The highest BCUT2D eigenvalue weighted by Crippen LogP contribution is 2.35. The van der Waals surface area contributed by atoms with Gasteiger partial charge in [0.05, 0.1) is 3.79 Å². The Labute approximate surface area is 129 Å². The number of aryl methyl sites for hydroxylation is 1. The van der Waals surface area contributed by atoms with Gasteiger partial charge < -0.3 is 0 Å². The Morgan fingerprint density at radius 3 is 2.56 bits per heavy atom. The highest BCUT2D eigenvalue weighted by atomic mass is 79.9. The van der Waals surface area contributed by atoms with Gasteiger partial charge in [-0.15, -0.1) is 11.3 Å². The van der Waals surface area contributed by atoms with Gasteiger partial charge in [0.2, 0.25) is 0 Å². The molecular weight excluding hydrogens is 402 g/mol. The van der Waals surface area contributed by atoms with Crippen molar-refractivity contribution in [3.05, 3.63) is 15.4 Å². The number of thiophene rings is 1. The zero-order valence-electron chi connectivity index (χ0n) is 10.0. The summed E-state index contributed by atoms with van der Waals surface area (Å²) in [5.41, 5.74) is 0.978. The summed E-state index contributed by atoms with van der Waals surface area (Å²) >= 11 is 8.03. The first-order chi connectivity index (χ1) is 8.46. The molecule has 1 aliphatic carbocycles. The molecule has 102 valence electrons. The van der Waals surface area contributed by atoms with Crippen LogP contribution in [0.1, 0.15) is 24.8 Å². The second-order valence-corrected chi connectivity index (χ2v) is 9.69. The number of alkyl halides is 1. The van der Waals surface area contributed by atoms with Gasteiger partial charge in [0, 0.05) is 17.9 Å². The Morgan fingerprint density at radius 1 is 1.50 bits per heavy atom. The fourth-order valence-electron chi connectivity index (χ4n) is 1.93. The third-order valence-electron chi connectivity index (χ3n) is 3.18. The van der Waals surface area contributed by atoms with Crippen LogP contribution in [0.25, 0.3) is 0 Å². The topological polar surface area (TPSA) is 37.4 Å². The number of rotatable bonds is 5. The summed E-state index contributed by atoms with van der Waals surface area (Å²) < 4.78 is 28.2. The molecule has 7 heteroatoms. The highest BCUT2D eigenvalue weighted by molar-refractivity contribution is 9.11. The predicted octanol–water partition coefficient (Wildman–Crippen LogP) is 3.76. The van der Waals surface area contributed by atoms with Gasteiger partial charge in [-0.3, -0.25) is 0 Å². The summed E-state index contributed by atoms with van der Waals surface area (Å²) in [4.78, 5) is 0. The molecule has 3 nitrogen and oxygen atoms in total. The Morgan fingerprint density at radius 2 is 2.17 bits per heavy atom. The molecule has 1 aromatic heterocycles. The summed E-state index contributed by atoms with van der Waals surface area (Å²) in [7, 11) is -3.33. The first-order valence-electron chi connectivity index (χ1n) is 5.80. The molecular formula is C11H15Br2NO2S2. The Kier molecular flexibility index (Phi) is 4.91. The molecule has 0 atom stereocenters. The van der Waals surface area contributed by atoms with E-state index < -0.39 is 10.0 Å². The molecule has 18 heavy (non-hydrogen) atoms. The molecule has 0 spiro atoms. The van der Waals surface area contributed by atoms with Crippen molar-refractivity contribution in [2.45, 2.75) is 36.4 Å². The van der Waals surface area contributed by atoms with Gasteiger partial charge in [0.15, 0.2) is 0 Å². The number of hydrogen-bond donors (Lipinski definition) is 0. The second-order valence-electron chi connectivity index (χ2n) is 4.41. The maximum absolute atomic E-state index is 12.6. The lowest BCUT2D eigenvalue weighted by Crippen LogP contribution is -2.44.